The molecule has 0 saturated carbocycles. The topological polar surface area (TPSA) is 79.8 Å². The number of benzene rings is 1. The van der Waals surface area contributed by atoms with Gasteiger partial charge in [0.15, 0.2) is 5.96 Å². The second-order valence-electron chi connectivity index (χ2n) is 6.86. The largest absolute Gasteiger partial charge is 0.493 e. The van der Waals surface area contributed by atoms with Gasteiger partial charge in [-0.2, -0.15) is 0 Å². The number of guanidine groups is 1. The Hall–Kier alpha value is -1.76. The molecule has 27 heavy (non-hydrogen) atoms. The van der Waals surface area contributed by atoms with E-state index in [1.54, 1.807) is 7.05 Å². The highest BCUT2D eigenvalue weighted by Crippen LogP contribution is 2.20. The molecule has 1 aromatic carbocycles. The Morgan fingerprint density at radius 3 is 2.59 bits per heavy atom. The van der Waals surface area contributed by atoms with Gasteiger partial charge in [0, 0.05) is 32.0 Å². The molecule has 0 aliphatic heterocycles. The van der Waals surface area contributed by atoms with Crippen LogP contribution in [0.2, 0.25) is 0 Å². The maximum Gasteiger partial charge on any atom is 0.191 e. The quantitative estimate of drug-likeness (QED) is 0.322. The van der Waals surface area contributed by atoms with Crippen LogP contribution in [0, 0.1) is 6.92 Å². The predicted molar refractivity (Wildman–Crippen MR) is 113 cm³/mol. The van der Waals surface area contributed by atoms with Crippen LogP contribution in [0.15, 0.2) is 23.2 Å². The van der Waals surface area contributed by atoms with Crippen molar-refractivity contribution in [3.63, 3.8) is 0 Å². The zero-order chi connectivity index (χ0) is 20.1. The number of aryl methyl sites for hydroxylation is 1. The summed E-state index contributed by atoms with van der Waals surface area (Å²) < 4.78 is 28.4. The first kappa shape index (κ1) is 23.3. The van der Waals surface area contributed by atoms with Crippen molar-refractivity contribution in [2.24, 2.45) is 4.99 Å². The lowest BCUT2D eigenvalue weighted by Crippen LogP contribution is -2.37. The van der Waals surface area contributed by atoms with E-state index < -0.39 is 9.84 Å². The molecular weight excluding hydrogens is 362 g/mol. The number of nitrogens with one attached hydrogen (secondary N) is 2. The molecule has 0 radical (unpaired) electrons. The zero-order valence-corrected chi connectivity index (χ0v) is 18.0. The minimum Gasteiger partial charge on any atom is -0.493 e. The predicted octanol–water partition coefficient (Wildman–Crippen LogP) is 3.05. The van der Waals surface area contributed by atoms with Gasteiger partial charge in [0.2, 0.25) is 0 Å². The van der Waals surface area contributed by atoms with E-state index in [1.165, 1.54) is 31.1 Å². The first-order valence-electron chi connectivity index (χ1n) is 9.70. The highest BCUT2D eigenvalue weighted by molar-refractivity contribution is 7.90. The van der Waals surface area contributed by atoms with Crippen molar-refractivity contribution in [3.8, 4) is 5.75 Å². The number of sulfone groups is 1. The van der Waals surface area contributed by atoms with E-state index in [1.807, 2.05) is 0 Å². The summed E-state index contributed by atoms with van der Waals surface area (Å²) in [6, 6.07) is 6.21. The average Bonchev–Trinajstić information content (AvgIpc) is 2.61. The van der Waals surface area contributed by atoms with Crippen LogP contribution in [0.5, 0.6) is 5.75 Å². The molecule has 2 N–H and O–H groups in total. The van der Waals surface area contributed by atoms with Gasteiger partial charge < -0.3 is 15.4 Å². The lowest BCUT2D eigenvalue weighted by atomic mass is 10.1. The third-order valence-corrected chi connectivity index (χ3v) is 5.16. The van der Waals surface area contributed by atoms with E-state index in [0.29, 0.717) is 25.5 Å². The summed E-state index contributed by atoms with van der Waals surface area (Å²) in [5, 5.41) is 6.41. The van der Waals surface area contributed by atoms with Crippen LogP contribution in [0.3, 0.4) is 0 Å². The molecular formula is C20H35N3O3S. The molecule has 0 spiro atoms. The molecule has 154 valence electrons. The molecule has 1 rings (SSSR count). The molecule has 0 aromatic heterocycles. The Morgan fingerprint density at radius 2 is 1.93 bits per heavy atom. The molecule has 0 fully saturated rings. The Bertz CT molecular complexity index is 688. The van der Waals surface area contributed by atoms with Crippen molar-refractivity contribution in [2.45, 2.75) is 52.5 Å². The molecule has 0 aliphatic rings. The second-order valence-corrected chi connectivity index (χ2v) is 9.12. The zero-order valence-electron chi connectivity index (χ0n) is 17.2. The van der Waals surface area contributed by atoms with Gasteiger partial charge in [-0.05, 0) is 31.4 Å². The minimum absolute atomic E-state index is 0.172. The Morgan fingerprint density at radius 1 is 1.15 bits per heavy atom. The van der Waals surface area contributed by atoms with E-state index in [0.717, 1.165) is 24.3 Å². The first-order chi connectivity index (χ1) is 12.9. The van der Waals surface area contributed by atoms with Crippen molar-refractivity contribution in [1.82, 2.24) is 10.6 Å². The number of aliphatic imine (C=N–C) groups is 1. The van der Waals surface area contributed by atoms with Gasteiger partial charge in [0.1, 0.15) is 15.6 Å². The fourth-order valence-corrected chi connectivity index (χ4v) is 3.26. The van der Waals surface area contributed by atoms with Crippen molar-refractivity contribution >= 4 is 15.8 Å². The van der Waals surface area contributed by atoms with Crippen LogP contribution in [0.25, 0.3) is 0 Å². The summed E-state index contributed by atoms with van der Waals surface area (Å²) in [5.74, 6) is 1.73. The lowest BCUT2D eigenvalue weighted by molar-refractivity contribution is 0.301. The number of hydrogen-bond acceptors (Lipinski definition) is 4. The molecule has 6 nitrogen and oxygen atoms in total. The standard InChI is InChI=1S/C20H35N3O3S/c1-5-6-7-8-13-26-19-15-17(2)10-11-18(19)16-23-20(21-3)22-12-9-14-27(4,24)25/h10-11,15H,5-9,12-14,16H2,1-4H3,(H2,21,22,23). The lowest BCUT2D eigenvalue weighted by Gasteiger charge is -2.15. The van der Waals surface area contributed by atoms with Gasteiger partial charge in [-0.3, -0.25) is 4.99 Å². The maximum absolute atomic E-state index is 11.2. The van der Waals surface area contributed by atoms with Crippen molar-refractivity contribution in [3.05, 3.63) is 29.3 Å². The highest BCUT2D eigenvalue weighted by Gasteiger charge is 2.07. The summed E-state index contributed by atoms with van der Waals surface area (Å²) in [4.78, 5) is 4.18. The van der Waals surface area contributed by atoms with Crippen LogP contribution < -0.4 is 15.4 Å². The molecule has 0 bridgehead atoms. The number of ether oxygens (including phenoxy) is 1. The molecule has 7 heteroatoms. The smallest absolute Gasteiger partial charge is 0.191 e. The molecule has 0 amide bonds. The van der Waals surface area contributed by atoms with Crippen LogP contribution in [0.4, 0.5) is 0 Å². The van der Waals surface area contributed by atoms with Crippen molar-refractivity contribution in [2.75, 3.05) is 32.2 Å². The summed E-state index contributed by atoms with van der Waals surface area (Å²) >= 11 is 0. The molecule has 0 saturated heterocycles. The third-order valence-electron chi connectivity index (χ3n) is 4.13. The average molecular weight is 398 g/mol. The first-order valence-corrected chi connectivity index (χ1v) is 11.8. The monoisotopic (exact) mass is 397 g/mol. The van der Waals surface area contributed by atoms with Gasteiger partial charge >= 0.3 is 0 Å². The van der Waals surface area contributed by atoms with Gasteiger partial charge in [-0.1, -0.05) is 38.3 Å². The fraction of sp³-hybridized carbons (Fsp3) is 0.650. The molecule has 0 aliphatic carbocycles. The van der Waals surface area contributed by atoms with E-state index >= 15 is 0 Å². The van der Waals surface area contributed by atoms with Gasteiger partial charge in [-0.15, -0.1) is 0 Å². The molecule has 0 heterocycles. The number of unbranched alkanes of at least 4 members (excludes halogenated alkanes) is 3. The van der Waals surface area contributed by atoms with Crippen molar-refractivity contribution < 1.29 is 13.2 Å². The van der Waals surface area contributed by atoms with Crippen LogP contribution in [-0.4, -0.2) is 46.6 Å². The number of nitrogens with zero attached hydrogens (tertiary/aromatic N) is 1. The molecule has 0 atom stereocenters. The normalized spacial score (nSPS) is 12.1. The van der Waals surface area contributed by atoms with Gasteiger partial charge in [-0.25, -0.2) is 8.42 Å². The van der Waals surface area contributed by atoms with E-state index in [-0.39, 0.29) is 5.75 Å². The highest BCUT2D eigenvalue weighted by atomic mass is 32.2. The fourth-order valence-electron chi connectivity index (χ4n) is 2.59. The van der Waals surface area contributed by atoms with Crippen LogP contribution in [-0.2, 0) is 16.4 Å². The Labute approximate surface area is 164 Å². The van der Waals surface area contributed by atoms with E-state index in [2.05, 4.69) is 47.7 Å². The van der Waals surface area contributed by atoms with Crippen LogP contribution in [0.1, 0.15) is 50.2 Å². The Balaban J connectivity index is 2.51. The van der Waals surface area contributed by atoms with E-state index in [9.17, 15) is 8.42 Å². The van der Waals surface area contributed by atoms with Gasteiger partial charge in [0.05, 0.1) is 12.4 Å². The summed E-state index contributed by atoms with van der Waals surface area (Å²) in [7, 11) is -1.22. The number of hydrogen-bond donors (Lipinski definition) is 2. The summed E-state index contributed by atoms with van der Waals surface area (Å²) in [6.45, 7) is 6.14. The maximum atomic E-state index is 11.2. The SMILES string of the molecule is CCCCCCOc1cc(C)ccc1CNC(=NC)NCCCS(C)(=O)=O. The molecule has 1 aromatic rings. The van der Waals surface area contributed by atoms with E-state index in [4.69, 9.17) is 4.74 Å². The number of rotatable bonds is 12. The van der Waals surface area contributed by atoms with Gasteiger partial charge in [0.25, 0.3) is 0 Å². The van der Waals surface area contributed by atoms with Crippen LogP contribution >= 0.6 is 0 Å². The third kappa shape index (κ3) is 10.9. The van der Waals surface area contributed by atoms with Crippen molar-refractivity contribution in [1.29, 1.82) is 0 Å². The minimum atomic E-state index is -2.93. The molecule has 0 unspecified atom stereocenters. The Kier molecular flexibility index (Phi) is 10.9. The summed E-state index contributed by atoms with van der Waals surface area (Å²) in [5.41, 5.74) is 2.25. The summed E-state index contributed by atoms with van der Waals surface area (Å²) in [6.07, 6.45) is 6.53. The second kappa shape index (κ2) is 12.6.